The van der Waals surface area contributed by atoms with Gasteiger partial charge in [0.1, 0.15) is 12.1 Å². The van der Waals surface area contributed by atoms with E-state index < -0.39 is 0 Å². The quantitative estimate of drug-likeness (QED) is 0.528. The molecule has 0 unspecified atom stereocenters. The first-order chi connectivity index (χ1) is 11.7. The number of rotatable bonds is 6. The van der Waals surface area contributed by atoms with Gasteiger partial charge in [0.25, 0.3) is 0 Å². The first kappa shape index (κ1) is 15.9. The van der Waals surface area contributed by atoms with Gasteiger partial charge in [0.2, 0.25) is 11.1 Å². The number of aromatic nitrogens is 3. The maximum atomic E-state index is 12.1. The third-order valence-electron chi connectivity index (χ3n) is 3.00. The van der Waals surface area contributed by atoms with Crippen molar-refractivity contribution in [3.63, 3.8) is 0 Å². The Hall–Kier alpha value is -3.00. The van der Waals surface area contributed by atoms with E-state index in [4.69, 9.17) is 10.6 Å². The molecule has 122 valence electrons. The van der Waals surface area contributed by atoms with E-state index in [9.17, 15) is 4.79 Å². The second kappa shape index (κ2) is 7.51. The molecule has 24 heavy (non-hydrogen) atoms. The number of nitrogen functional groups attached to an aromatic ring is 1. The highest BCUT2D eigenvalue weighted by atomic mass is 32.2. The van der Waals surface area contributed by atoms with Crippen LogP contribution in [0.5, 0.6) is 11.5 Å². The van der Waals surface area contributed by atoms with Crippen molar-refractivity contribution in [3.05, 3.63) is 60.9 Å². The lowest BCUT2D eigenvalue weighted by Gasteiger charge is -2.12. The van der Waals surface area contributed by atoms with Crippen molar-refractivity contribution in [2.24, 2.45) is 0 Å². The number of benzene rings is 2. The molecule has 0 saturated carbocycles. The standard InChI is InChI=1S/C16H15N5O2S/c17-21-11-18-20-16(21)24-10-15(22)19-13-8-4-5-9-14(13)23-12-6-2-1-3-7-12/h1-9,11H,10,17H2,(H,19,22). The van der Waals surface area contributed by atoms with Crippen LogP contribution in [-0.4, -0.2) is 26.5 Å². The number of nitrogens with two attached hydrogens (primary N) is 1. The van der Waals surface area contributed by atoms with Gasteiger partial charge in [-0.05, 0) is 24.3 Å². The Balaban J connectivity index is 1.64. The Labute approximate surface area is 142 Å². The molecule has 3 N–H and O–H groups in total. The molecule has 0 fully saturated rings. The molecule has 2 aromatic carbocycles. The number of carbonyl (C=O) groups excluding carboxylic acids is 1. The van der Waals surface area contributed by atoms with Gasteiger partial charge in [-0.1, -0.05) is 42.1 Å². The van der Waals surface area contributed by atoms with Crippen molar-refractivity contribution in [3.8, 4) is 11.5 Å². The average molecular weight is 341 g/mol. The Bertz CT molecular complexity index is 822. The average Bonchev–Trinajstić information content (AvgIpc) is 3.01. The van der Waals surface area contributed by atoms with E-state index in [1.165, 1.54) is 22.8 Å². The molecule has 0 spiro atoms. The molecule has 0 saturated heterocycles. The number of nitrogens with zero attached hydrogens (tertiary/aromatic N) is 3. The van der Waals surface area contributed by atoms with E-state index in [0.717, 1.165) is 0 Å². The van der Waals surface area contributed by atoms with Crippen LogP contribution in [0.2, 0.25) is 0 Å². The smallest absolute Gasteiger partial charge is 0.234 e. The first-order valence-electron chi connectivity index (χ1n) is 7.12. The minimum atomic E-state index is -0.188. The molecule has 7 nitrogen and oxygen atoms in total. The molecule has 0 aliphatic heterocycles. The van der Waals surface area contributed by atoms with Gasteiger partial charge < -0.3 is 15.9 Å². The van der Waals surface area contributed by atoms with Crippen molar-refractivity contribution in [1.29, 1.82) is 0 Å². The lowest BCUT2D eigenvalue weighted by Crippen LogP contribution is -2.16. The fourth-order valence-corrected chi connectivity index (χ4v) is 2.56. The summed E-state index contributed by atoms with van der Waals surface area (Å²) >= 11 is 1.20. The van der Waals surface area contributed by atoms with Crippen LogP contribution in [-0.2, 0) is 4.79 Å². The fraction of sp³-hybridized carbons (Fsp3) is 0.0625. The SMILES string of the molecule is Nn1cnnc1SCC(=O)Nc1ccccc1Oc1ccccc1. The van der Waals surface area contributed by atoms with Crippen molar-refractivity contribution in [1.82, 2.24) is 14.9 Å². The lowest BCUT2D eigenvalue weighted by molar-refractivity contribution is -0.113. The van der Waals surface area contributed by atoms with Gasteiger partial charge in [0.05, 0.1) is 11.4 Å². The molecular formula is C16H15N5O2S. The Morgan fingerprint density at radius 2 is 1.92 bits per heavy atom. The third kappa shape index (κ3) is 4.05. The van der Waals surface area contributed by atoms with Gasteiger partial charge >= 0.3 is 0 Å². The fourth-order valence-electron chi connectivity index (χ4n) is 1.93. The van der Waals surface area contributed by atoms with Crippen molar-refractivity contribution in [2.45, 2.75) is 5.16 Å². The predicted octanol–water partition coefficient (Wildman–Crippen LogP) is 2.51. The van der Waals surface area contributed by atoms with Crippen LogP contribution in [0.1, 0.15) is 0 Å². The zero-order valence-electron chi connectivity index (χ0n) is 12.6. The zero-order valence-corrected chi connectivity index (χ0v) is 13.4. The molecule has 3 aromatic rings. The Morgan fingerprint density at radius 1 is 1.17 bits per heavy atom. The zero-order chi connectivity index (χ0) is 16.8. The number of carbonyl (C=O) groups is 1. The van der Waals surface area contributed by atoms with E-state index in [0.29, 0.717) is 22.3 Å². The van der Waals surface area contributed by atoms with E-state index >= 15 is 0 Å². The summed E-state index contributed by atoms with van der Waals surface area (Å²) in [6.45, 7) is 0. The summed E-state index contributed by atoms with van der Waals surface area (Å²) in [5.41, 5.74) is 0.598. The van der Waals surface area contributed by atoms with Crippen LogP contribution in [0.25, 0.3) is 0 Å². The van der Waals surface area contributed by atoms with Crippen LogP contribution < -0.4 is 15.9 Å². The van der Waals surface area contributed by atoms with Crippen LogP contribution in [0.4, 0.5) is 5.69 Å². The van der Waals surface area contributed by atoms with Gasteiger partial charge in [-0.25, -0.2) is 4.68 Å². The summed E-state index contributed by atoms with van der Waals surface area (Å²) in [5.74, 6) is 6.86. The summed E-state index contributed by atoms with van der Waals surface area (Å²) in [4.78, 5) is 12.1. The number of hydrogen-bond donors (Lipinski definition) is 2. The van der Waals surface area contributed by atoms with Crippen LogP contribution in [0.15, 0.2) is 66.1 Å². The monoisotopic (exact) mass is 341 g/mol. The number of ether oxygens (including phenoxy) is 1. The van der Waals surface area contributed by atoms with Crippen molar-refractivity contribution < 1.29 is 9.53 Å². The highest BCUT2D eigenvalue weighted by Crippen LogP contribution is 2.29. The van der Waals surface area contributed by atoms with Gasteiger partial charge in [0.15, 0.2) is 5.75 Å². The molecule has 0 atom stereocenters. The summed E-state index contributed by atoms with van der Waals surface area (Å²) in [6.07, 6.45) is 1.38. The molecule has 1 heterocycles. The topological polar surface area (TPSA) is 95.1 Å². The largest absolute Gasteiger partial charge is 0.455 e. The summed E-state index contributed by atoms with van der Waals surface area (Å²) in [6, 6.07) is 16.6. The number of nitrogens with one attached hydrogen (secondary N) is 1. The van der Waals surface area contributed by atoms with E-state index in [-0.39, 0.29) is 11.7 Å². The second-order valence-electron chi connectivity index (χ2n) is 4.77. The van der Waals surface area contributed by atoms with Crippen LogP contribution in [0, 0.1) is 0 Å². The van der Waals surface area contributed by atoms with Gasteiger partial charge in [0, 0.05) is 0 Å². The van der Waals surface area contributed by atoms with Gasteiger partial charge in [-0.2, -0.15) is 0 Å². The molecule has 1 aromatic heterocycles. The summed E-state index contributed by atoms with van der Waals surface area (Å²) in [5, 5.41) is 10.8. The molecule has 0 bridgehead atoms. The predicted molar refractivity (Wildman–Crippen MR) is 92.5 cm³/mol. The lowest BCUT2D eigenvalue weighted by atomic mass is 10.3. The molecule has 0 radical (unpaired) electrons. The first-order valence-corrected chi connectivity index (χ1v) is 8.10. The molecule has 0 aliphatic carbocycles. The van der Waals surface area contributed by atoms with Crippen LogP contribution in [0.3, 0.4) is 0 Å². The minimum absolute atomic E-state index is 0.162. The minimum Gasteiger partial charge on any atom is -0.455 e. The molecule has 1 amide bonds. The van der Waals surface area contributed by atoms with Gasteiger partial charge in [-0.3, -0.25) is 4.79 Å². The van der Waals surface area contributed by atoms with Crippen LogP contribution >= 0.6 is 11.8 Å². The Morgan fingerprint density at radius 3 is 2.67 bits per heavy atom. The molecular weight excluding hydrogens is 326 g/mol. The highest BCUT2D eigenvalue weighted by molar-refractivity contribution is 7.99. The number of hydrogen-bond acceptors (Lipinski definition) is 6. The number of amides is 1. The maximum absolute atomic E-state index is 12.1. The summed E-state index contributed by atoms with van der Waals surface area (Å²) in [7, 11) is 0. The van der Waals surface area contributed by atoms with E-state index in [1.807, 2.05) is 42.5 Å². The second-order valence-corrected chi connectivity index (χ2v) is 5.71. The third-order valence-corrected chi connectivity index (χ3v) is 3.96. The number of para-hydroxylation sites is 3. The molecule has 0 aliphatic rings. The highest BCUT2D eigenvalue weighted by Gasteiger charge is 2.11. The van der Waals surface area contributed by atoms with E-state index in [2.05, 4.69) is 15.5 Å². The van der Waals surface area contributed by atoms with Crippen molar-refractivity contribution >= 4 is 23.4 Å². The Kier molecular flexibility index (Phi) is 4.97. The van der Waals surface area contributed by atoms with E-state index in [1.54, 1.807) is 12.1 Å². The summed E-state index contributed by atoms with van der Waals surface area (Å²) < 4.78 is 7.08. The molecule has 3 rings (SSSR count). The number of thioether (sulfide) groups is 1. The molecule has 8 heteroatoms. The van der Waals surface area contributed by atoms with Crippen molar-refractivity contribution in [2.75, 3.05) is 16.9 Å². The maximum Gasteiger partial charge on any atom is 0.234 e. The normalized spacial score (nSPS) is 10.3. The van der Waals surface area contributed by atoms with Gasteiger partial charge in [-0.15, -0.1) is 10.2 Å². The number of anilines is 1.